The molecular formula is C19H23NO3S. The first-order valence-electron chi connectivity index (χ1n) is 8.02. The lowest BCUT2D eigenvalue weighted by atomic mass is 10.2. The summed E-state index contributed by atoms with van der Waals surface area (Å²) in [6, 6.07) is 14.5. The highest BCUT2D eigenvalue weighted by Gasteiger charge is 2.26. The molecule has 0 aromatic heterocycles. The minimum atomic E-state index is -3.35. The second-order valence-electron chi connectivity index (χ2n) is 5.95. The van der Waals surface area contributed by atoms with Gasteiger partial charge in [0.25, 0.3) is 0 Å². The normalized spacial score (nSPS) is 14.8. The fourth-order valence-corrected chi connectivity index (χ4v) is 3.95. The first kappa shape index (κ1) is 18.4. The van der Waals surface area contributed by atoms with Gasteiger partial charge in [-0.25, -0.2) is 8.42 Å². The van der Waals surface area contributed by atoms with E-state index in [-0.39, 0.29) is 4.90 Å². The monoisotopic (exact) mass is 345 g/mol. The van der Waals surface area contributed by atoms with Crippen molar-refractivity contribution in [3.8, 4) is 0 Å². The number of carbonyl (C=O) groups excluding carboxylic acids is 1. The predicted octanol–water partition coefficient (Wildman–Crippen LogP) is 3.59. The Bertz CT molecular complexity index is 738. The highest BCUT2D eigenvalue weighted by atomic mass is 32.2. The van der Waals surface area contributed by atoms with Gasteiger partial charge in [-0.3, -0.25) is 4.79 Å². The Morgan fingerprint density at radius 3 is 1.71 bits per heavy atom. The molecule has 0 bridgehead atoms. The molecule has 0 unspecified atom stereocenters. The number of carbonyl (C=O) groups is 1. The Morgan fingerprint density at radius 1 is 0.833 bits per heavy atom. The van der Waals surface area contributed by atoms with Gasteiger partial charge in [0.1, 0.15) is 6.29 Å². The van der Waals surface area contributed by atoms with Gasteiger partial charge >= 0.3 is 0 Å². The number of hydrogen-bond donors (Lipinski definition) is 0. The molecule has 2 aromatic carbocycles. The molecule has 1 heterocycles. The van der Waals surface area contributed by atoms with Gasteiger partial charge in [0.2, 0.25) is 10.0 Å². The molecule has 4 nitrogen and oxygen atoms in total. The molecule has 24 heavy (non-hydrogen) atoms. The fourth-order valence-electron chi connectivity index (χ4n) is 2.43. The van der Waals surface area contributed by atoms with Crippen molar-refractivity contribution in [1.82, 2.24) is 4.31 Å². The summed E-state index contributed by atoms with van der Waals surface area (Å²) < 4.78 is 25.6. The van der Waals surface area contributed by atoms with E-state index >= 15 is 0 Å². The zero-order valence-electron chi connectivity index (χ0n) is 14.1. The van der Waals surface area contributed by atoms with Crippen LogP contribution < -0.4 is 0 Å². The Morgan fingerprint density at radius 2 is 1.29 bits per heavy atom. The van der Waals surface area contributed by atoms with Crippen molar-refractivity contribution in [1.29, 1.82) is 0 Å². The molecule has 1 fully saturated rings. The Hall–Kier alpha value is -1.98. The molecule has 0 atom stereocenters. The van der Waals surface area contributed by atoms with E-state index in [0.717, 1.165) is 12.8 Å². The topological polar surface area (TPSA) is 54.5 Å². The van der Waals surface area contributed by atoms with Crippen molar-refractivity contribution < 1.29 is 13.2 Å². The van der Waals surface area contributed by atoms with Crippen LogP contribution in [0, 0.1) is 13.8 Å². The minimum Gasteiger partial charge on any atom is -0.298 e. The summed E-state index contributed by atoms with van der Waals surface area (Å²) in [4.78, 5) is 10.7. The van der Waals surface area contributed by atoms with Crippen LogP contribution in [0.2, 0.25) is 0 Å². The first-order valence-corrected chi connectivity index (χ1v) is 9.46. The molecule has 0 aliphatic carbocycles. The van der Waals surface area contributed by atoms with E-state index in [1.54, 1.807) is 0 Å². The zero-order chi connectivity index (χ0) is 17.6. The largest absolute Gasteiger partial charge is 0.298 e. The van der Waals surface area contributed by atoms with Crippen LogP contribution in [0.4, 0.5) is 0 Å². The fraction of sp³-hybridized carbons (Fsp3) is 0.316. The third kappa shape index (κ3) is 4.76. The minimum absolute atomic E-state index is 0.264. The Kier molecular flexibility index (Phi) is 6.29. The summed E-state index contributed by atoms with van der Waals surface area (Å²) in [5.41, 5.74) is 3.14. The van der Waals surface area contributed by atoms with Gasteiger partial charge in [0.05, 0.1) is 4.90 Å². The summed E-state index contributed by atoms with van der Waals surface area (Å²) in [6.45, 7) is 5.38. The molecule has 128 valence electrons. The van der Waals surface area contributed by atoms with Gasteiger partial charge in [-0.1, -0.05) is 47.5 Å². The van der Waals surface area contributed by atoms with Gasteiger partial charge in [-0.05, 0) is 38.8 Å². The van der Waals surface area contributed by atoms with Crippen LogP contribution in [0.5, 0.6) is 0 Å². The third-order valence-corrected chi connectivity index (χ3v) is 5.85. The number of benzene rings is 2. The van der Waals surface area contributed by atoms with Crippen molar-refractivity contribution >= 4 is 16.3 Å². The third-order valence-electron chi connectivity index (χ3n) is 3.94. The first-order chi connectivity index (χ1) is 11.4. The number of hydrogen-bond acceptors (Lipinski definition) is 3. The maximum Gasteiger partial charge on any atom is 0.243 e. The van der Waals surface area contributed by atoms with Crippen LogP contribution >= 0.6 is 0 Å². The van der Waals surface area contributed by atoms with E-state index in [0.29, 0.717) is 24.9 Å². The lowest BCUT2D eigenvalue weighted by Crippen LogP contribution is -2.27. The van der Waals surface area contributed by atoms with E-state index in [9.17, 15) is 13.2 Å². The molecular weight excluding hydrogens is 322 g/mol. The van der Waals surface area contributed by atoms with Crippen molar-refractivity contribution in [2.75, 3.05) is 13.1 Å². The zero-order valence-corrected chi connectivity index (χ0v) is 14.9. The van der Waals surface area contributed by atoms with Crippen LogP contribution in [0.25, 0.3) is 0 Å². The van der Waals surface area contributed by atoms with Crippen LogP contribution in [0.1, 0.15) is 34.3 Å². The molecule has 2 aromatic rings. The van der Waals surface area contributed by atoms with Crippen LogP contribution in [0.15, 0.2) is 53.4 Å². The lowest BCUT2D eigenvalue weighted by molar-refractivity contribution is 0.112. The number of rotatable bonds is 3. The molecule has 3 rings (SSSR count). The van der Waals surface area contributed by atoms with Crippen molar-refractivity contribution in [2.45, 2.75) is 31.6 Å². The maximum atomic E-state index is 12.1. The highest BCUT2D eigenvalue weighted by molar-refractivity contribution is 7.89. The molecule has 0 saturated carbocycles. The van der Waals surface area contributed by atoms with Crippen LogP contribution in [-0.2, 0) is 10.0 Å². The number of nitrogens with zero attached hydrogens (tertiary/aromatic N) is 1. The van der Waals surface area contributed by atoms with E-state index in [4.69, 9.17) is 0 Å². The number of sulfonamides is 1. The van der Waals surface area contributed by atoms with Crippen LogP contribution in [0.3, 0.4) is 0 Å². The summed E-state index contributed by atoms with van der Waals surface area (Å²) >= 11 is 0. The average Bonchev–Trinajstić information content (AvgIpc) is 3.14. The quantitative estimate of drug-likeness (QED) is 0.799. The molecule has 0 spiro atoms. The van der Waals surface area contributed by atoms with Gasteiger partial charge in [0, 0.05) is 18.7 Å². The van der Waals surface area contributed by atoms with Crippen molar-refractivity contribution in [3.05, 3.63) is 65.2 Å². The molecule has 0 N–H and O–H groups in total. The van der Waals surface area contributed by atoms with E-state index < -0.39 is 10.0 Å². The van der Waals surface area contributed by atoms with Gasteiger partial charge in [0.15, 0.2) is 0 Å². The molecule has 5 heteroatoms. The van der Waals surface area contributed by atoms with Crippen molar-refractivity contribution in [3.63, 3.8) is 0 Å². The summed E-state index contributed by atoms with van der Waals surface area (Å²) in [5.74, 6) is 0. The van der Waals surface area contributed by atoms with Gasteiger partial charge in [-0.15, -0.1) is 0 Å². The average molecular weight is 345 g/mol. The highest BCUT2D eigenvalue weighted by Crippen LogP contribution is 2.20. The smallest absolute Gasteiger partial charge is 0.243 e. The lowest BCUT2D eigenvalue weighted by Gasteiger charge is -2.15. The van der Waals surface area contributed by atoms with Crippen LogP contribution in [-0.4, -0.2) is 32.1 Å². The second-order valence-corrected chi connectivity index (χ2v) is 7.89. The molecule has 0 amide bonds. The summed E-state index contributed by atoms with van der Waals surface area (Å²) in [6.07, 6.45) is 2.55. The van der Waals surface area contributed by atoms with E-state index in [1.807, 2.05) is 0 Å². The molecule has 0 radical (unpaired) electrons. The van der Waals surface area contributed by atoms with Crippen molar-refractivity contribution in [2.24, 2.45) is 0 Å². The standard InChI is InChI=1S/C11H13NO3S.C8H10/c13-9-10-3-5-11(6-4-10)16(14,15)12-7-1-2-8-12;1-7-3-5-8(2)6-4-7/h3-6,9H,1-2,7-8H2;3-6H,1-2H3. The SMILES string of the molecule is Cc1ccc(C)cc1.O=Cc1ccc(S(=O)(=O)N2CCCC2)cc1. The van der Waals surface area contributed by atoms with E-state index in [1.165, 1.54) is 39.7 Å². The van der Waals surface area contributed by atoms with Gasteiger partial charge < -0.3 is 0 Å². The Balaban J connectivity index is 0.000000219. The number of aryl methyl sites for hydroxylation is 2. The predicted molar refractivity (Wildman–Crippen MR) is 95.7 cm³/mol. The summed E-state index contributed by atoms with van der Waals surface area (Å²) in [5, 5.41) is 0. The number of aldehydes is 1. The second kappa shape index (κ2) is 8.22. The Labute approximate surface area is 144 Å². The summed E-state index contributed by atoms with van der Waals surface area (Å²) in [7, 11) is -3.35. The maximum absolute atomic E-state index is 12.1. The van der Waals surface area contributed by atoms with Gasteiger partial charge in [-0.2, -0.15) is 4.31 Å². The molecule has 1 aliphatic heterocycles. The van der Waals surface area contributed by atoms with E-state index in [2.05, 4.69) is 38.1 Å². The molecule has 1 aliphatic rings. The molecule has 1 saturated heterocycles.